The first-order valence-corrected chi connectivity index (χ1v) is 8.25. The maximum Gasteiger partial charge on any atom is 0.175 e. The van der Waals surface area contributed by atoms with Gasteiger partial charge < -0.3 is 5.32 Å². The van der Waals surface area contributed by atoms with Gasteiger partial charge in [-0.3, -0.25) is 0 Å². The molecule has 0 radical (unpaired) electrons. The zero-order valence-corrected chi connectivity index (χ0v) is 12.4. The highest BCUT2D eigenvalue weighted by atomic mass is 32.2. The molecule has 0 bridgehead atoms. The van der Waals surface area contributed by atoms with Crippen molar-refractivity contribution in [2.45, 2.75) is 44.6 Å². The van der Waals surface area contributed by atoms with Gasteiger partial charge in [-0.2, -0.15) is 0 Å². The maximum absolute atomic E-state index is 11.3. The number of hydrogen-bond donors (Lipinski definition) is 1. The zero-order valence-electron chi connectivity index (χ0n) is 11.6. The fourth-order valence-electron chi connectivity index (χ4n) is 1.74. The Morgan fingerprint density at radius 2 is 1.61 bits per heavy atom. The lowest BCUT2D eigenvalue weighted by molar-refractivity contribution is 0.527. The summed E-state index contributed by atoms with van der Waals surface area (Å²) in [5.41, 5.74) is 0.971. The Bertz CT molecular complexity index is 463. The molecule has 0 aliphatic rings. The van der Waals surface area contributed by atoms with Gasteiger partial charge in [-0.05, 0) is 49.9 Å². The largest absolute Gasteiger partial charge is 0.383 e. The molecular weight excluding hydrogens is 246 g/mol. The van der Waals surface area contributed by atoms with Crippen LogP contribution in [0.5, 0.6) is 0 Å². The van der Waals surface area contributed by atoms with E-state index in [0.29, 0.717) is 16.9 Å². The molecule has 0 aromatic heterocycles. The Hall–Kier alpha value is -1.03. The molecule has 0 fully saturated rings. The van der Waals surface area contributed by atoms with Crippen LogP contribution in [0.3, 0.4) is 0 Å². The van der Waals surface area contributed by atoms with E-state index in [2.05, 4.69) is 26.1 Å². The molecule has 0 amide bonds. The van der Waals surface area contributed by atoms with Crippen molar-refractivity contribution in [2.24, 2.45) is 5.92 Å². The maximum atomic E-state index is 11.3. The lowest BCUT2D eigenvalue weighted by atomic mass is 10.0. The summed E-state index contributed by atoms with van der Waals surface area (Å²) in [6.07, 6.45) is 3.53. The van der Waals surface area contributed by atoms with E-state index in [1.807, 2.05) is 12.1 Å². The molecule has 0 saturated heterocycles. The van der Waals surface area contributed by atoms with E-state index < -0.39 is 9.84 Å². The van der Waals surface area contributed by atoms with E-state index in [1.54, 1.807) is 12.1 Å². The minimum Gasteiger partial charge on any atom is -0.383 e. The van der Waals surface area contributed by atoms with E-state index in [0.717, 1.165) is 12.1 Å². The zero-order chi connectivity index (χ0) is 13.8. The Balaban J connectivity index is 2.59. The second-order valence-electron chi connectivity index (χ2n) is 5.31. The first kappa shape index (κ1) is 15.0. The lowest BCUT2D eigenvalue weighted by Crippen LogP contribution is -2.15. The van der Waals surface area contributed by atoms with Crippen LogP contribution in [0.25, 0.3) is 0 Å². The molecule has 3 nitrogen and oxygen atoms in total. The van der Waals surface area contributed by atoms with Crippen LogP contribution in [0.15, 0.2) is 29.2 Å². The third-order valence-electron chi connectivity index (χ3n) is 2.87. The van der Waals surface area contributed by atoms with Crippen LogP contribution in [-0.4, -0.2) is 20.7 Å². The molecule has 1 rings (SSSR count). The monoisotopic (exact) mass is 269 g/mol. The summed E-state index contributed by atoms with van der Waals surface area (Å²) in [6.45, 7) is 6.58. The van der Waals surface area contributed by atoms with Gasteiger partial charge in [-0.25, -0.2) is 8.42 Å². The van der Waals surface area contributed by atoms with Crippen molar-refractivity contribution >= 4 is 15.5 Å². The van der Waals surface area contributed by atoms with Gasteiger partial charge in [-0.15, -0.1) is 0 Å². The molecule has 1 aromatic rings. The average Bonchev–Trinajstić information content (AvgIpc) is 2.26. The van der Waals surface area contributed by atoms with Gasteiger partial charge in [0.25, 0.3) is 0 Å². The Labute approximate surface area is 111 Å². The van der Waals surface area contributed by atoms with Crippen LogP contribution < -0.4 is 5.32 Å². The highest BCUT2D eigenvalue weighted by Gasteiger charge is 2.07. The van der Waals surface area contributed by atoms with E-state index in [4.69, 9.17) is 0 Å². The summed E-state index contributed by atoms with van der Waals surface area (Å²) < 4.78 is 22.6. The summed E-state index contributed by atoms with van der Waals surface area (Å²) in [6, 6.07) is 7.33. The van der Waals surface area contributed by atoms with Crippen LogP contribution in [0.1, 0.15) is 33.6 Å². The van der Waals surface area contributed by atoms with Crippen molar-refractivity contribution in [2.75, 3.05) is 11.6 Å². The van der Waals surface area contributed by atoms with Crippen molar-refractivity contribution in [3.63, 3.8) is 0 Å². The molecule has 0 spiro atoms. The first-order chi connectivity index (χ1) is 8.29. The number of benzene rings is 1. The second kappa shape index (κ2) is 6.23. The fourth-order valence-corrected chi connectivity index (χ4v) is 2.37. The minimum absolute atomic E-state index is 0.364. The molecule has 1 N–H and O–H groups in total. The van der Waals surface area contributed by atoms with Crippen molar-refractivity contribution < 1.29 is 8.42 Å². The van der Waals surface area contributed by atoms with E-state index in [-0.39, 0.29) is 0 Å². The SMILES string of the molecule is CC(C)CCC(C)Nc1ccc(S(C)(=O)=O)cc1. The van der Waals surface area contributed by atoms with Gasteiger partial charge in [0.05, 0.1) is 4.90 Å². The van der Waals surface area contributed by atoms with Gasteiger partial charge in [0.2, 0.25) is 0 Å². The summed E-state index contributed by atoms with van der Waals surface area (Å²) in [4.78, 5) is 0.364. The van der Waals surface area contributed by atoms with E-state index in [9.17, 15) is 8.42 Å². The van der Waals surface area contributed by atoms with Crippen molar-refractivity contribution in [1.29, 1.82) is 0 Å². The molecular formula is C14H23NO2S. The van der Waals surface area contributed by atoms with Crippen LogP contribution in [0.2, 0.25) is 0 Å². The van der Waals surface area contributed by atoms with Crippen molar-refractivity contribution in [3.05, 3.63) is 24.3 Å². The van der Waals surface area contributed by atoms with Crippen molar-refractivity contribution in [1.82, 2.24) is 0 Å². The summed E-state index contributed by atoms with van der Waals surface area (Å²) >= 11 is 0. The molecule has 0 aliphatic heterocycles. The normalized spacial score (nSPS) is 13.6. The molecule has 4 heteroatoms. The van der Waals surface area contributed by atoms with E-state index >= 15 is 0 Å². The predicted octanol–water partition coefficient (Wildman–Crippen LogP) is 3.33. The quantitative estimate of drug-likeness (QED) is 0.861. The van der Waals surface area contributed by atoms with Gasteiger partial charge in [0, 0.05) is 18.0 Å². The molecule has 18 heavy (non-hydrogen) atoms. The molecule has 1 unspecified atom stereocenters. The Morgan fingerprint density at radius 1 is 1.06 bits per heavy atom. The Morgan fingerprint density at radius 3 is 2.06 bits per heavy atom. The highest BCUT2D eigenvalue weighted by Crippen LogP contribution is 2.16. The summed E-state index contributed by atoms with van der Waals surface area (Å²) in [5, 5.41) is 3.38. The van der Waals surface area contributed by atoms with Crippen LogP contribution in [0, 0.1) is 5.92 Å². The second-order valence-corrected chi connectivity index (χ2v) is 7.33. The van der Waals surface area contributed by atoms with Gasteiger partial charge in [0.1, 0.15) is 0 Å². The number of anilines is 1. The van der Waals surface area contributed by atoms with Gasteiger partial charge in [0.15, 0.2) is 9.84 Å². The third-order valence-corrected chi connectivity index (χ3v) is 4.00. The number of rotatable bonds is 6. The summed E-state index contributed by atoms with van der Waals surface area (Å²) in [5.74, 6) is 0.710. The Kier molecular flexibility index (Phi) is 5.20. The molecule has 0 aliphatic carbocycles. The first-order valence-electron chi connectivity index (χ1n) is 6.35. The number of sulfone groups is 1. The van der Waals surface area contributed by atoms with Gasteiger partial charge in [-0.1, -0.05) is 13.8 Å². The third kappa shape index (κ3) is 5.08. The predicted molar refractivity (Wildman–Crippen MR) is 76.7 cm³/mol. The van der Waals surface area contributed by atoms with Crippen LogP contribution >= 0.6 is 0 Å². The fraction of sp³-hybridized carbons (Fsp3) is 0.571. The minimum atomic E-state index is -3.10. The van der Waals surface area contributed by atoms with E-state index in [1.165, 1.54) is 12.7 Å². The molecule has 102 valence electrons. The van der Waals surface area contributed by atoms with Crippen LogP contribution in [-0.2, 0) is 9.84 Å². The average molecular weight is 269 g/mol. The molecule has 1 aromatic carbocycles. The smallest absolute Gasteiger partial charge is 0.175 e. The lowest BCUT2D eigenvalue weighted by Gasteiger charge is -2.16. The van der Waals surface area contributed by atoms with Crippen molar-refractivity contribution in [3.8, 4) is 0 Å². The van der Waals surface area contributed by atoms with Gasteiger partial charge >= 0.3 is 0 Å². The summed E-state index contributed by atoms with van der Waals surface area (Å²) in [7, 11) is -3.10. The highest BCUT2D eigenvalue weighted by molar-refractivity contribution is 7.90. The van der Waals surface area contributed by atoms with Crippen LogP contribution in [0.4, 0.5) is 5.69 Å². The molecule has 1 atom stereocenters. The number of hydrogen-bond acceptors (Lipinski definition) is 3. The topological polar surface area (TPSA) is 46.2 Å². The standard InChI is InChI=1S/C14H23NO2S/c1-11(2)5-6-12(3)15-13-7-9-14(10-8-13)18(4,16)17/h7-12,15H,5-6H2,1-4H3. The number of nitrogens with one attached hydrogen (secondary N) is 1. The molecule has 0 saturated carbocycles. The molecule has 0 heterocycles.